The van der Waals surface area contributed by atoms with Crippen molar-refractivity contribution in [2.75, 3.05) is 26.7 Å². The van der Waals surface area contributed by atoms with Crippen molar-refractivity contribution in [1.29, 1.82) is 0 Å². The van der Waals surface area contributed by atoms with Gasteiger partial charge in [0.25, 0.3) is 0 Å². The van der Waals surface area contributed by atoms with Crippen LogP contribution >= 0.6 is 0 Å². The highest BCUT2D eigenvalue weighted by molar-refractivity contribution is 4.91. The molecule has 0 heterocycles. The Kier molecular flexibility index (Phi) is 4.87. The van der Waals surface area contributed by atoms with Crippen molar-refractivity contribution in [3.63, 3.8) is 0 Å². The number of hydrogen-bond acceptors (Lipinski definition) is 2. The number of hydrogen-bond donors (Lipinski definition) is 1. The highest BCUT2D eigenvalue weighted by Gasteiger charge is 2.36. The third-order valence-electron chi connectivity index (χ3n) is 4.60. The number of nitrogens with one attached hydrogen (secondary N) is 1. The lowest BCUT2D eigenvalue weighted by Gasteiger charge is -2.40. The molecule has 0 radical (unpaired) electrons. The van der Waals surface area contributed by atoms with Crippen molar-refractivity contribution in [3.8, 4) is 0 Å². The van der Waals surface area contributed by atoms with E-state index in [0.717, 1.165) is 6.04 Å². The Morgan fingerprint density at radius 3 is 2.47 bits per heavy atom. The van der Waals surface area contributed by atoms with Crippen molar-refractivity contribution in [3.05, 3.63) is 0 Å². The Labute approximate surface area is 107 Å². The van der Waals surface area contributed by atoms with E-state index in [1.807, 2.05) is 0 Å². The minimum absolute atomic E-state index is 0.588. The van der Waals surface area contributed by atoms with Gasteiger partial charge in [0.2, 0.25) is 0 Å². The Bertz CT molecular complexity index is 217. The monoisotopic (exact) mass is 238 g/mol. The maximum absolute atomic E-state index is 3.68. The Morgan fingerprint density at radius 1 is 1.18 bits per heavy atom. The predicted octanol–water partition coefficient (Wildman–Crippen LogP) is 3.03. The van der Waals surface area contributed by atoms with Gasteiger partial charge in [-0.2, -0.15) is 0 Å². The standard InChI is InChI=1S/C15H30N2/c1-3-11-16-12-15(9-5-4-6-10-15)13-17(2)14-7-8-14/h14,16H,3-13H2,1-2H3. The van der Waals surface area contributed by atoms with Crippen LogP contribution in [0.25, 0.3) is 0 Å². The molecule has 17 heavy (non-hydrogen) atoms. The zero-order chi connectivity index (χ0) is 12.1. The van der Waals surface area contributed by atoms with E-state index in [0.29, 0.717) is 5.41 Å². The van der Waals surface area contributed by atoms with Crippen LogP contribution in [0.5, 0.6) is 0 Å². The van der Waals surface area contributed by atoms with Crippen molar-refractivity contribution in [1.82, 2.24) is 10.2 Å². The van der Waals surface area contributed by atoms with Crippen LogP contribution in [0.2, 0.25) is 0 Å². The molecule has 2 heteroatoms. The lowest BCUT2D eigenvalue weighted by molar-refractivity contribution is 0.114. The summed E-state index contributed by atoms with van der Waals surface area (Å²) in [5.74, 6) is 0. The van der Waals surface area contributed by atoms with Gasteiger partial charge in [-0.3, -0.25) is 0 Å². The molecule has 2 aliphatic carbocycles. The molecule has 0 atom stereocenters. The van der Waals surface area contributed by atoms with Gasteiger partial charge in [0.15, 0.2) is 0 Å². The normalized spacial score (nSPS) is 24.2. The van der Waals surface area contributed by atoms with Crippen LogP contribution in [-0.2, 0) is 0 Å². The van der Waals surface area contributed by atoms with E-state index in [1.165, 1.54) is 71.0 Å². The van der Waals surface area contributed by atoms with E-state index in [4.69, 9.17) is 0 Å². The van der Waals surface area contributed by atoms with Crippen molar-refractivity contribution in [2.24, 2.45) is 5.41 Å². The fourth-order valence-electron chi connectivity index (χ4n) is 3.40. The van der Waals surface area contributed by atoms with Gasteiger partial charge in [0.1, 0.15) is 0 Å². The summed E-state index contributed by atoms with van der Waals surface area (Å²) in [6, 6.07) is 0.917. The molecular weight excluding hydrogens is 208 g/mol. The Balaban J connectivity index is 1.85. The molecule has 2 nitrogen and oxygen atoms in total. The molecule has 0 aromatic rings. The summed E-state index contributed by atoms with van der Waals surface area (Å²) in [4.78, 5) is 2.64. The molecule has 0 aromatic carbocycles. The summed E-state index contributed by atoms with van der Waals surface area (Å²) < 4.78 is 0. The van der Waals surface area contributed by atoms with E-state index in [2.05, 4.69) is 24.2 Å². The van der Waals surface area contributed by atoms with Gasteiger partial charge in [-0.25, -0.2) is 0 Å². The lowest BCUT2D eigenvalue weighted by Crippen LogP contribution is -2.45. The highest BCUT2D eigenvalue weighted by atomic mass is 15.2. The molecule has 2 saturated carbocycles. The van der Waals surface area contributed by atoms with Gasteiger partial charge in [-0.05, 0) is 51.1 Å². The van der Waals surface area contributed by atoms with Gasteiger partial charge in [-0.15, -0.1) is 0 Å². The highest BCUT2D eigenvalue weighted by Crippen LogP contribution is 2.38. The quantitative estimate of drug-likeness (QED) is 0.686. The van der Waals surface area contributed by atoms with Crippen LogP contribution < -0.4 is 5.32 Å². The van der Waals surface area contributed by atoms with E-state index >= 15 is 0 Å². The average molecular weight is 238 g/mol. The molecule has 2 fully saturated rings. The topological polar surface area (TPSA) is 15.3 Å². The van der Waals surface area contributed by atoms with Crippen LogP contribution in [-0.4, -0.2) is 37.6 Å². The van der Waals surface area contributed by atoms with Crippen molar-refractivity contribution in [2.45, 2.75) is 64.3 Å². The minimum Gasteiger partial charge on any atom is -0.316 e. The van der Waals surface area contributed by atoms with E-state index in [-0.39, 0.29) is 0 Å². The second-order valence-corrected chi connectivity index (χ2v) is 6.38. The molecule has 0 aliphatic heterocycles. The van der Waals surface area contributed by atoms with E-state index in [1.54, 1.807) is 0 Å². The Morgan fingerprint density at radius 2 is 1.88 bits per heavy atom. The molecule has 2 aliphatic rings. The number of nitrogens with zero attached hydrogens (tertiary/aromatic N) is 1. The summed E-state index contributed by atoms with van der Waals surface area (Å²) in [6.07, 6.45) is 11.4. The lowest BCUT2D eigenvalue weighted by atomic mass is 9.73. The minimum atomic E-state index is 0.588. The molecule has 100 valence electrons. The first-order chi connectivity index (χ1) is 8.26. The molecule has 0 aromatic heterocycles. The van der Waals surface area contributed by atoms with E-state index < -0.39 is 0 Å². The maximum Gasteiger partial charge on any atom is 0.00936 e. The molecule has 0 spiro atoms. The average Bonchev–Trinajstić information content (AvgIpc) is 3.14. The first-order valence-corrected chi connectivity index (χ1v) is 7.67. The largest absolute Gasteiger partial charge is 0.316 e. The third kappa shape index (κ3) is 3.96. The van der Waals surface area contributed by atoms with Crippen molar-refractivity contribution >= 4 is 0 Å². The first-order valence-electron chi connectivity index (χ1n) is 7.67. The van der Waals surface area contributed by atoms with Gasteiger partial charge < -0.3 is 10.2 Å². The summed E-state index contributed by atoms with van der Waals surface area (Å²) in [5.41, 5.74) is 0.588. The molecule has 0 amide bonds. The van der Waals surface area contributed by atoms with Crippen LogP contribution in [0, 0.1) is 5.41 Å². The smallest absolute Gasteiger partial charge is 0.00936 e. The van der Waals surface area contributed by atoms with Gasteiger partial charge in [0.05, 0.1) is 0 Å². The number of rotatable bonds is 7. The fourth-order valence-corrected chi connectivity index (χ4v) is 3.40. The molecule has 1 N–H and O–H groups in total. The summed E-state index contributed by atoms with van der Waals surface area (Å²) in [5, 5.41) is 3.68. The molecule has 0 unspecified atom stereocenters. The molecule has 0 bridgehead atoms. The summed E-state index contributed by atoms with van der Waals surface area (Å²) in [6.45, 7) is 6.03. The second-order valence-electron chi connectivity index (χ2n) is 6.38. The van der Waals surface area contributed by atoms with Crippen LogP contribution in [0.4, 0.5) is 0 Å². The molecule has 0 saturated heterocycles. The summed E-state index contributed by atoms with van der Waals surface area (Å²) in [7, 11) is 2.34. The van der Waals surface area contributed by atoms with Gasteiger partial charge in [0, 0.05) is 19.1 Å². The van der Waals surface area contributed by atoms with Crippen LogP contribution in [0.3, 0.4) is 0 Å². The molecule has 2 rings (SSSR count). The summed E-state index contributed by atoms with van der Waals surface area (Å²) >= 11 is 0. The first kappa shape index (κ1) is 13.4. The maximum atomic E-state index is 3.68. The third-order valence-corrected chi connectivity index (χ3v) is 4.60. The fraction of sp³-hybridized carbons (Fsp3) is 1.00. The Hall–Kier alpha value is -0.0800. The van der Waals surface area contributed by atoms with E-state index in [9.17, 15) is 0 Å². The zero-order valence-corrected chi connectivity index (χ0v) is 11.8. The van der Waals surface area contributed by atoms with Gasteiger partial charge in [-0.1, -0.05) is 26.2 Å². The SMILES string of the molecule is CCCNCC1(CN(C)C2CC2)CCCCC1. The van der Waals surface area contributed by atoms with Crippen LogP contribution in [0.15, 0.2) is 0 Å². The molecular formula is C15H30N2. The van der Waals surface area contributed by atoms with Crippen LogP contribution in [0.1, 0.15) is 58.3 Å². The zero-order valence-electron chi connectivity index (χ0n) is 11.8. The van der Waals surface area contributed by atoms with Gasteiger partial charge >= 0.3 is 0 Å². The second kappa shape index (κ2) is 6.19. The van der Waals surface area contributed by atoms with Crippen molar-refractivity contribution < 1.29 is 0 Å². The predicted molar refractivity (Wildman–Crippen MR) is 74.3 cm³/mol.